The minimum atomic E-state index is -3.17. The SMILES string of the molecule is CC(C)(C)[Si](O[C@H]1[C@@H](F)[C@H](n2cnc3c(NC(=O)c4ccccc4)ncnc32)O[C@@H]1CO)(c1ccccc1)c1ccccc1. The van der Waals surface area contributed by atoms with E-state index in [2.05, 4.69) is 41.0 Å². The molecular weight excluding hydrogens is 577 g/mol. The van der Waals surface area contributed by atoms with Gasteiger partial charge in [-0.3, -0.25) is 9.36 Å². The van der Waals surface area contributed by atoms with Crippen molar-refractivity contribution in [1.82, 2.24) is 19.5 Å². The Bertz CT molecular complexity index is 1690. The lowest BCUT2D eigenvalue weighted by atomic mass is 10.1. The van der Waals surface area contributed by atoms with E-state index < -0.39 is 44.6 Å². The van der Waals surface area contributed by atoms with E-state index in [9.17, 15) is 9.90 Å². The van der Waals surface area contributed by atoms with Gasteiger partial charge in [-0.05, 0) is 27.5 Å². The van der Waals surface area contributed by atoms with Crippen molar-refractivity contribution < 1.29 is 23.5 Å². The van der Waals surface area contributed by atoms with Crippen LogP contribution in [0.4, 0.5) is 10.2 Å². The summed E-state index contributed by atoms with van der Waals surface area (Å²) in [6.45, 7) is 5.89. The van der Waals surface area contributed by atoms with Gasteiger partial charge in [0.2, 0.25) is 0 Å². The van der Waals surface area contributed by atoms with Gasteiger partial charge >= 0.3 is 0 Å². The molecule has 9 nitrogen and oxygen atoms in total. The van der Waals surface area contributed by atoms with Crippen molar-refractivity contribution in [2.45, 2.75) is 50.4 Å². The first-order chi connectivity index (χ1) is 21.2. The Labute approximate surface area is 255 Å². The Balaban J connectivity index is 1.37. The van der Waals surface area contributed by atoms with Gasteiger partial charge in [0.25, 0.3) is 14.2 Å². The second-order valence-corrected chi connectivity index (χ2v) is 16.1. The smallest absolute Gasteiger partial charge is 0.261 e. The van der Waals surface area contributed by atoms with E-state index in [0.29, 0.717) is 5.56 Å². The second kappa shape index (κ2) is 12.0. The first-order valence-electron chi connectivity index (χ1n) is 14.5. The number of hydrogen-bond acceptors (Lipinski definition) is 7. The fourth-order valence-corrected chi connectivity index (χ4v) is 10.7. The minimum absolute atomic E-state index is 0.190. The summed E-state index contributed by atoms with van der Waals surface area (Å²) >= 11 is 0. The second-order valence-electron chi connectivity index (χ2n) is 11.8. The predicted octanol–water partition coefficient (Wildman–Crippen LogP) is 4.25. The number of anilines is 1. The summed E-state index contributed by atoms with van der Waals surface area (Å²) < 4.78 is 31.5. The number of rotatable bonds is 8. The van der Waals surface area contributed by atoms with Crippen molar-refractivity contribution >= 4 is 41.6 Å². The van der Waals surface area contributed by atoms with Crippen molar-refractivity contribution in [3.05, 3.63) is 109 Å². The van der Waals surface area contributed by atoms with E-state index in [-0.39, 0.29) is 22.9 Å². The highest BCUT2D eigenvalue weighted by molar-refractivity contribution is 6.99. The normalized spacial score (nSPS) is 20.6. The molecule has 1 fully saturated rings. The van der Waals surface area contributed by atoms with Crippen LogP contribution in [0.5, 0.6) is 0 Å². The number of benzene rings is 3. The molecule has 0 unspecified atom stereocenters. The number of halogens is 1. The molecule has 1 aliphatic heterocycles. The molecule has 226 valence electrons. The maximum absolute atomic E-state index is 16.8. The highest BCUT2D eigenvalue weighted by atomic mass is 28.4. The summed E-state index contributed by atoms with van der Waals surface area (Å²) in [5.74, 6) is -0.172. The van der Waals surface area contributed by atoms with Crippen LogP contribution in [0.3, 0.4) is 0 Å². The van der Waals surface area contributed by atoms with E-state index in [1.54, 1.807) is 24.3 Å². The predicted molar refractivity (Wildman–Crippen MR) is 168 cm³/mol. The average Bonchev–Trinajstić information content (AvgIpc) is 3.61. The van der Waals surface area contributed by atoms with Crippen LogP contribution >= 0.6 is 0 Å². The number of hydrogen-bond donors (Lipinski definition) is 2. The summed E-state index contributed by atoms with van der Waals surface area (Å²) in [4.78, 5) is 25.8. The molecule has 2 aromatic heterocycles. The molecule has 0 spiro atoms. The van der Waals surface area contributed by atoms with E-state index in [1.165, 1.54) is 17.2 Å². The molecule has 5 aromatic rings. The number of aromatic nitrogens is 4. The number of fused-ring (bicyclic) bond motifs is 1. The largest absolute Gasteiger partial charge is 0.399 e. The van der Waals surface area contributed by atoms with Crippen molar-refractivity contribution in [2.24, 2.45) is 0 Å². The molecule has 0 saturated carbocycles. The Morgan fingerprint density at radius 1 is 0.955 bits per heavy atom. The molecule has 3 heterocycles. The molecule has 2 N–H and O–H groups in total. The molecule has 3 aromatic carbocycles. The number of imidazole rings is 1. The summed E-state index contributed by atoms with van der Waals surface area (Å²) in [7, 11) is -3.17. The van der Waals surface area contributed by atoms with Gasteiger partial charge < -0.3 is 19.6 Å². The van der Waals surface area contributed by atoms with Crippen LogP contribution < -0.4 is 15.7 Å². The Morgan fingerprint density at radius 2 is 1.55 bits per heavy atom. The number of nitrogens with one attached hydrogen (secondary N) is 1. The van der Waals surface area contributed by atoms with Gasteiger partial charge in [0.1, 0.15) is 18.5 Å². The molecule has 1 aliphatic rings. The quantitative estimate of drug-likeness (QED) is 0.253. The first kappa shape index (κ1) is 29.8. The Morgan fingerprint density at radius 3 is 2.11 bits per heavy atom. The van der Waals surface area contributed by atoms with Crippen molar-refractivity contribution in [3.8, 4) is 0 Å². The van der Waals surface area contributed by atoms with Gasteiger partial charge in [-0.15, -0.1) is 0 Å². The van der Waals surface area contributed by atoms with Gasteiger partial charge in [-0.1, -0.05) is 99.6 Å². The van der Waals surface area contributed by atoms with Crippen LogP contribution in [0, 0.1) is 0 Å². The zero-order chi connectivity index (χ0) is 30.9. The zero-order valence-electron chi connectivity index (χ0n) is 24.7. The molecule has 11 heteroatoms. The van der Waals surface area contributed by atoms with Crippen LogP contribution in [0.1, 0.15) is 37.4 Å². The molecule has 1 amide bonds. The van der Waals surface area contributed by atoms with Gasteiger partial charge in [-0.25, -0.2) is 19.3 Å². The summed E-state index contributed by atoms with van der Waals surface area (Å²) in [6, 6.07) is 28.6. The van der Waals surface area contributed by atoms with Crippen LogP contribution in [0.15, 0.2) is 104 Å². The lowest BCUT2D eigenvalue weighted by molar-refractivity contribution is -0.0442. The third-order valence-electron chi connectivity index (χ3n) is 8.08. The van der Waals surface area contributed by atoms with Crippen LogP contribution in [-0.4, -0.2) is 63.8 Å². The molecule has 4 atom stereocenters. The number of ether oxygens (including phenoxy) is 1. The van der Waals surface area contributed by atoms with Gasteiger partial charge in [0.05, 0.1) is 12.9 Å². The van der Waals surface area contributed by atoms with E-state index in [1.807, 2.05) is 66.7 Å². The number of nitrogens with zero attached hydrogens (tertiary/aromatic N) is 4. The summed E-state index contributed by atoms with van der Waals surface area (Å²) in [6.07, 6.45) is -2.21. The van der Waals surface area contributed by atoms with E-state index in [4.69, 9.17) is 9.16 Å². The Hall–Kier alpha value is -4.29. The molecule has 0 aliphatic carbocycles. The highest BCUT2D eigenvalue weighted by Gasteiger charge is 2.57. The zero-order valence-corrected chi connectivity index (χ0v) is 25.7. The fourth-order valence-electron chi connectivity index (χ4n) is 6.00. The van der Waals surface area contributed by atoms with Crippen molar-refractivity contribution in [1.29, 1.82) is 0 Å². The lowest BCUT2D eigenvalue weighted by Crippen LogP contribution is -2.69. The third-order valence-corrected chi connectivity index (χ3v) is 13.1. The highest BCUT2D eigenvalue weighted by Crippen LogP contribution is 2.42. The molecule has 44 heavy (non-hydrogen) atoms. The number of carbonyl (C=O) groups excluding carboxylic acids is 1. The van der Waals surface area contributed by atoms with Gasteiger partial charge in [0.15, 0.2) is 29.4 Å². The maximum Gasteiger partial charge on any atom is 0.261 e. The molecule has 6 rings (SSSR count). The van der Waals surface area contributed by atoms with Gasteiger partial charge in [-0.2, -0.15) is 0 Å². The summed E-state index contributed by atoms with van der Waals surface area (Å²) in [5, 5.41) is 14.8. The molecule has 0 bridgehead atoms. The molecular formula is C33H34FN5O4Si. The topological polar surface area (TPSA) is 111 Å². The number of carbonyl (C=O) groups is 1. The van der Waals surface area contributed by atoms with Crippen molar-refractivity contribution in [3.63, 3.8) is 0 Å². The van der Waals surface area contributed by atoms with Gasteiger partial charge in [0, 0.05) is 5.56 Å². The van der Waals surface area contributed by atoms with E-state index in [0.717, 1.165) is 10.4 Å². The first-order valence-corrected chi connectivity index (χ1v) is 16.4. The number of aliphatic hydroxyl groups is 1. The average molecular weight is 612 g/mol. The fraction of sp³-hybridized carbons (Fsp3) is 0.273. The van der Waals surface area contributed by atoms with E-state index >= 15 is 4.39 Å². The van der Waals surface area contributed by atoms with Crippen LogP contribution in [0.25, 0.3) is 11.2 Å². The monoisotopic (exact) mass is 611 g/mol. The Kier molecular flexibility index (Phi) is 8.12. The van der Waals surface area contributed by atoms with Crippen LogP contribution in [-0.2, 0) is 9.16 Å². The molecule has 1 saturated heterocycles. The number of alkyl halides is 1. The summed E-state index contributed by atoms with van der Waals surface area (Å²) in [5.41, 5.74) is 1.01. The standard InChI is InChI=1S/C33H34FN5O4Si/c1-33(2,3)44(23-15-9-5-10-16-23,24-17-11-6-12-18-24)43-28-25(19-40)42-32(26(28)34)39-21-37-27-29(35-20-36-30(27)39)38-31(41)22-13-7-4-8-14-22/h4-18,20-21,25-26,28,32,40H,19H2,1-3H3,(H,35,36,38,41)/t25-,26-,28-,32-/m1/s1. The lowest BCUT2D eigenvalue weighted by Gasteiger charge is -2.45. The molecule has 0 radical (unpaired) electrons. The van der Waals surface area contributed by atoms with Crippen LogP contribution in [0.2, 0.25) is 5.04 Å². The third kappa shape index (κ3) is 5.21. The maximum atomic E-state index is 16.8. The van der Waals surface area contributed by atoms with Crippen molar-refractivity contribution in [2.75, 3.05) is 11.9 Å². The minimum Gasteiger partial charge on any atom is -0.399 e. The number of amides is 1. The number of aliphatic hydroxyl groups excluding tert-OH is 1.